The van der Waals surface area contributed by atoms with E-state index in [0.717, 1.165) is 17.8 Å². The molecule has 1 aromatic heterocycles. The second kappa shape index (κ2) is 5.97. The van der Waals surface area contributed by atoms with Gasteiger partial charge >= 0.3 is 0 Å². The standard InChI is InChI=1S/C18H24N2O2.ClH/c1-12(19-17(21)16-3-2-4-20(22)11-16)18-8-13-5-14(9-18)7-15(6-13)10-18;/h2-4,11-15H,5-10H2,1H3,(H,19,21);1H. The molecule has 4 saturated carbocycles. The van der Waals surface area contributed by atoms with Crippen LogP contribution in [0.5, 0.6) is 0 Å². The monoisotopic (exact) mass is 336 g/mol. The van der Waals surface area contributed by atoms with Gasteiger partial charge in [-0.3, -0.25) is 4.79 Å². The molecule has 0 radical (unpaired) electrons. The Morgan fingerprint density at radius 1 is 1.26 bits per heavy atom. The smallest absolute Gasteiger partial charge is 0.257 e. The number of hydrogen-bond acceptors (Lipinski definition) is 2. The van der Waals surface area contributed by atoms with Gasteiger partial charge in [-0.25, -0.2) is 0 Å². The first-order valence-electron chi connectivity index (χ1n) is 8.54. The second-order valence-corrected chi connectivity index (χ2v) is 7.93. The van der Waals surface area contributed by atoms with Gasteiger partial charge in [0.25, 0.3) is 5.91 Å². The zero-order valence-corrected chi connectivity index (χ0v) is 14.3. The van der Waals surface area contributed by atoms with E-state index in [1.54, 1.807) is 12.1 Å². The normalized spacial score (nSPS) is 35.4. The highest BCUT2D eigenvalue weighted by molar-refractivity contribution is 5.93. The van der Waals surface area contributed by atoms with Crippen LogP contribution in [0, 0.1) is 28.4 Å². The molecule has 1 aromatic rings. The number of rotatable bonds is 3. The molecule has 4 nitrogen and oxygen atoms in total. The molecule has 0 aliphatic heterocycles. The van der Waals surface area contributed by atoms with E-state index in [2.05, 4.69) is 12.2 Å². The molecule has 1 atom stereocenters. The number of aromatic nitrogens is 1. The van der Waals surface area contributed by atoms with E-state index < -0.39 is 0 Å². The van der Waals surface area contributed by atoms with Gasteiger partial charge in [0.2, 0.25) is 0 Å². The highest BCUT2D eigenvalue weighted by atomic mass is 35.5. The van der Waals surface area contributed by atoms with Crippen LogP contribution in [0.3, 0.4) is 0 Å². The lowest BCUT2D eigenvalue weighted by Gasteiger charge is -2.59. The summed E-state index contributed by atoms with van der Waals surface area (Å²) < 4.78 is 0.685. The summed E-state index contributed by atoms with van der Waals surface area (Å²) in [4.78, 5) is 12.4. The summed E-state index contributed by atoms with van der Waals surface area (Å²) in [6.45, 7) is 2.17. The Kier molecular flexibility index (Phi) is 4.30. The minimum absolute atomic E-state index is 0. The summed E-state index contributed by atoms with van der Waals surface area (Å²) in [7, 11) is 0. The molecule has 1 amide bonds. The molecule has 4 fully saturated rings. The van der Waals surface area contributed by atoms with E-state index in [0.29, 0.717) is 15.7 Å². The number of nitrogens with one attached hydrogen (secondary N) is 1. The number of halogens is 1. The Hall–Kier alpha value is -1.29. The third-order valence-corrected chi connectivity index (χ3v) is 6.39. The van der Waals surface area contributed by atoms with Gasteiger partial charge in [0.05, 0.1) is 0 Å². The highest BCUT2D eigenvalue weighted by Gasteiger charge is 2.53. The van der Waals surface area contributed by atoms with Gasteiger partial charge in [-0.15, -0.1) is 12.4 Å². The quantitative estimate of drug-likeness (QED) is 0.681. The zero-order chi connectivity index (χ0) is 15.3. The lowest BCUT2D eigenvalue weighted by atomic mass is 9.48. The highest BCUT2D eigenvalue weighted by Crippen LogP contribution is 2.61. The molecule has 5 heteroatoms. The largest absolute Gasteiger partial charge is 0.619 e. The van der Waals surface area contributed by atoms with Crippen LogP contribution >= 0.6 is 12.4 Å². The number of carbonyl (C=O) groups excluding carboxylic acids is 1. The third kappa shape index (κ3) is 2.93. The van der Waals surface area contributed by atoms with Crippen molar-refractivity contribution < 1.29 is 9.52 Å². The van der Waals surface area contributed by atoms with Crippen molar-refractivity contribution in [2.45, 2.75) is 51.5 Å². The van der Waals surface area contributed by atoms with Crippen LogP contribution in [0.15, 0.2) is 24.5 Å². The van der Waals surface area contributed by atoms with Crippen molar-refractivity contribution >= 4 is 18.3 Å². The van der Waals surface area contributed by atoms with Crippen molar-refractivity contribution in [3.05, 3.63) is 35.3 Å². The predicted molar refractivity (Wildman–Crippen MR) is 90.2 cm³/mol. The molecular formula is C18H25ClN2O2. The van der Waals surface area contributed by atoms with Crippen LogP contribution in [0.4, 0.5) is 0 Å². The predicted octanol–water partition coefficient (Wildman–Crippen LogP) is 3.08. The Labute approximate surface area is 143 Å². The van der Waals surface area contributed by atoms with Crippen LogP contribution in [0.1, 0.15) is 55.8 Å². The summed E-state index contributed by atoms with van der Waals surface area (Å²) in [5.41, 5.74) is 0.751. The van der Waals surface area contributed by atoms with Crippen molar-refractivity contribution in [3.8, 4) is 0 Å². The molecular weight excluding hydrogens is 312 g/mol. The second-order valence-electron chi connectivity index (χ2n) is 7.93. The summed E-state index contributed by atoms with van der Waals surface area (Å²) in [6, 6.07) is 3.52. The van der Waals surface area contributed by atoms with Gasteiger partial charge < -0.3 is 10.5 Å². The average Bonchev–Trinajstić information content (AvgIpc) is 2.45. The fraction of sp³-hybridized carbons (Fsp3) is 0.667. The molecule has 4 aliphatic rings. The Balaban J connectivity index is 0.00000156. The van der Waals surface area contributed by atoms with Crippen molar-refractivity contribution in [3.63, 3.8) is 0 Å². The van der Waals surface area contributed by atoms with E-state index in [1.165, 1.54) is 50.9 Å². The lowest BCUT2D eigenvalue weighted by Crippen LogP contribution is -2.55. The fourth-order valence-corrected chi connectivity index (χ4v) is 5.73. The van der Waals surface area contributed by atoms with Crippen LogP contribution in [-0.2, 0) is 0 Å². The molecule has 5 rings (SSSR count). The summed E-state index contributed by atoms with van der Waals surface area (Å²) in [5.74, 6) is 2.52. The molecule has 23 heavy (non-hydrogen) atoms. The van der Waals surface area contributed by atoms with Gasteiger partial charge in [0.15, 0.2) is 12.4 Å². The number of carbonyl (C=O) groups is 1. The SMILES string of the molecule is CC(NC(=O)c1ccc[n+]([O-])c1)C12CC3CC(CC(C3)C1)C2.Cl. The first-order valence-corrected chi connectivity index (χ1v) is 8.54. The third-order valence-electron chi connectivity index (χ3n) is 6.39. The molecule has 4 bridgehead atoms. The summed E-state index contributed by atoms with van der Waals surface area (Å²) in [6.07, 6.45) is 10.8. The van der Waals surface area contributed by atoms with Crippen molar-refractivity contribution in [2.75, 3.05) is 0 Å². The van der Waals surface area contributed by atoms with Crippen molar-refractivity contribution in [2.24, 2.45) is 23.2 Å². The van der Waals surface area contributed by atoms with E-state index in [1.807, 2.05) is 0 Å². The maximum atomic E-state index is 12.4. The number of hydrogen-bond donors (Lipinski definition) is 1. The van der Waals surface area contributed by atoms with Crippen LogP contribution < -0.4 is 10.0 Å². The number of nitrogens with zero attached hydrogens (tertiary/aromatic N) is 1. The molecule has 1 unspecified atom stereocenters. The van der Waals surface area contributed by atoms with Gasteiger partial charge in [-0.05, 0) is 74.7 Å². The summed E-state index contributed by atoms with van der Waals surface area (Å²) >= 11 is 0. The zero-order valence-electron chi connectivity index (χ0n) is 13.5. The maximum Gasteiger partial charge on any atom is 0.257 e. The number of amides is 1. The van der Waals surface area contributed by atoms with Gasteiger partial charge in [0, 0.05) is 12.1 Å². The van der Waals surface area contributed by atoms with Crippen LogP contribution in [0.2, 0.25) is 0 Å². The van der Waals surface area contributed by atoms with Gasteiger partial charge in [0.1, 0.15) is 5.56 Å². The van der Waals surface area contributed by atoms with Crippen molar-refractivity contribution in [1.29, 1.82) is 0 Å². The molecule has 1 heterocycles. The molecule has 0 spiro atoms. The van der Waals surface area contributed by atoms with E-state index in [4.69, 9.17) is 0 Å². The summed E-state index contributed by atoms with van der Waals surface area (Å²) in [5, 5.41) is 14.5. The van der Waals surface area contributed by atoms with E-state index >= 15 is 0 Å². The van der Waals surface area contributed by atoms with Gasteiger partial charge in [-0.2, -0.15) is 4.73 Å². The fourth-order valence-electron chi connectivity index (χ4n) is 5.73. The minimum Gasteiger partial charge on any atom is -0.619 e. The number of pyridine rings is 1. The molecule has 4 aliphatic carbocycles. The molecule has 0 saturated heterocycles. The lowest BCUT2D eigenvalue weighted by molar-refractivity contribution is -0.605. The maximum absolute atomic E-state index is 12.4. The van der Waals surface area contributed by atoms with E-state index in [-0.39, 0.29) is 24.4 Å². The Morgan fingerprint density at radius 2 is 1.83 bits per heavy atom. The molecule has 0 aromatic carbocycles. The first kappa shape index (κ1) is 16.6. The first-order chi connectivity index (χ1) is 10.5. The Morgan fingerprint density at radius 3 is 2.35 bits per heavy atom. The van der Waals surface area contributed by atoms with Crippen LogP contribution in [0.25, 0.3) is 0 Å². The molecule has 126 valence electrons. The van der Waals surface area contributed by atoms with Gasteiger partial charge in [-0.1, -0.05) is 0 Å². The topological polar surface area (TPSA) is 56.0 Å². The van der Waals surface area contributed by atoms with Crippen molar-refractivity contribution in [1.82, 2.24) is 5.32 Å². The van der Waals surface area contributed by atoms with Crippen LogP contribution in [-0.4, -0.2) is 11.9 Å². The van der Waals surface area contributed by atoms with E-state index in [9.17, 15) is 10.0 Å². The minimum atomic E-state index is -0.117. The Bertz CT molecular complexity index is 569. The average molecular weight is 337 g/mol. The molecule has 1 N–H and O–H groups in total.